The van der Waals surface area contributed by atoms with Gasteiger partial charge in [-0.2, -0.15) is 0 Å². The highest BCUT2D eigenvalue weighted by Crippen LogP contribution is 2.28. The number of anilines is 1. The van der Waals surface area contributed by atoms with Gasteiger partial charge in [-0.25, -0.2) is 0 Å². The zero-order valence-electron chi connectivity index (χ0n) is 10.5. The molecule has 2 nitrogen and oxygen atoms in total. The second-order valence-electron chi connectivity index (χ2n) is 4.53. The number of methoxy groups -OCH3 is 1. The fourth-order valence-electron chi connectivity index (χ4n) is 1.30. The van der Waals surface area contributed by atoms with Crippen LogP contribution in [0, 0.1) is 6.92 Å². The highest BCUT2D eigenvalue weighted by atomic mass is 32.2. The number of nitrogen functional groups attached to an aromatic ring is 1. The summed E-state index contributed by atoms with van der Waals surface area (Å²) >= 11 is 1.84. The molecule has 2 N–H and O–H groups in total. The van der Waals surface area contributed by atoms with Crippen LogP contribution in [-0.2, 0) is 4.74 Å². The van der Waals surface area contributed by atoms with E-state index in [1.807, 2.05) is 23.9 Å². The summed E-state index contributed by atoms with van der Waals surface area (Å²) in [7, 11) is 1.76. The van der Waals surface area contributed by atoms with Crippen LogP contribution in [0.4, 0.5) is 5.69 Å². The van der Waals surface area contributed by atoms with E-state index in [1.165, 1.54) is 10.5 Å². The zero-order chi connectivity index (χ0) is 12.2. The predicted molar refractivity (Wildman–Crippen MR) is 72.0 cm³/mol. The van der Waals surface area contributed by atoms with Crippen LogP contribution in [0.3, 0.4) is 0 Å². The number of hydrogen-bond donors (Lipinski definition) is 1. The Morgan fingerprint density at radius 2 is 2.06 bits per heavy atom. The highest BCUT2D eigenvalue weighted by Gasteiger charge is 2.15. The SMILES string of the molecule is COC(C)(C)CCSc1cccc(N)c1C. The van der Waals surface area contributed by atoms with Crippen molar-refractivity contribution < 1.29 is 4.74 Å². The minimum atomic E-state index is -0.0404. The maximum Gasteiger partial charge on any atom is 0.0630 e. The van der Waals surface area contributed by atoms with Crippen molar-refractivity contribution in [2.24, 2.45) is 0 Å². The Morgan fingerprint density at radius 1 is 1.38 bits per heavy atom. The van der Waals surface area contributed by atoms with Crippen LogP contribution in [0.25, 0.3) is 0 Å². The van der Waals surface area contributed by atoms with Crippen molar-refractivity contribution >= 4 is 17.4 Å². The molecule has 0 spiro atoms. The first-order valence-electron chi connectivity index (χ1n) is 5.49. The van der Waals surface area contributed by atoms with Crippen LogP contribution in [0.5, 0.6) is 0 Å². The molecule has 16 heavy (non-hydrogen) atoms. The first-order chi connectivity index (χ1) is 7.46. The molecule has 0 aliphatic rings. The van der Waals surface area contributed by atoms with Crippen LogP contribution in [0.15, 0.2) is 23.1 Å². The highest BCUT2D eigenvalue weighted by molar-refractivity contribution is 7.99. The van der Waals surface area contributed by atoms with E-state index in [9.17, 15) is 0 Å². The van der Waals surface area contributed by atoms with Crippen LogP contribution >= 0.6 is 11.8 Å². The van der Waals surface area contributed by atoms with Gasteiger partial charge in [0.2, 0.25) is 0 Å². The lowest BCUT2D eigenvalue weighted by molar-refractivity contribution is 0.0207. The molecule has 0 bridgehead atoms. The number of ether oxygens (including phenoxy) is 1. The average molecular weight is 239 g/mol. The molecule has 0 atom stereocenters. The summed E-state index contributed by atoms with van der Waals surface area (Å²) in [6, 6.07) is 6.07. The van der Waals surface area contributed by atoms with Crippen LogP contribution in [-0.4, -0.2) is 18.5 Å². The second kappa shape index (κ2) is 5.60. The maximum atomic E-state index is 5.87. The molecular weight excluding hydrogens is 218 g/mol. The Kier molecular flexibility index (Phi) is 4.69. The van der Waals surface area contributed by atoms with Gasteiger partial charge in [0, 0.05) is 23.4 Å². The van der Waals surface area contributed by atoms with Gasteiger partial charge in [0.05, 0.1) is 5.60 Å². The molecule has 0 unspecified atom stereocenters. The van der Waals surface area contributed by atoms with E-state index in [4.69, 9.17) is 10.5 Å². The molecule has 0 amide bonds. The number of nitrogens with two attached hydrogens (primary N) is 1. The second-order valence-corrected chi connectivity index (χ2v) is 5.67. The van der Waals surface area contributed by atoms with E-state index in [0.29, 0.717) is 0 Å². The minimum Gasteiger partial charge on any atom is -0.398 e. The molecule has 0 aliphatic carbocycles. The molecule has 0 aliphatic heterocycles. The third kappa shape index (κ3) is 3.72. The molecule has 1 aromatic carbocycles. The van der Waals surface area contributed by atoms with Gasteiger partial charge in [0.1, 0.15) is 0 Å². The lowest BCUT2D eigenvalue weighted by Crippen LogP contribution is -2.22. The molecule has 1 aromatic rings. The van der Waals surface area contributed by atoms with E-state index in [-0.39, 0.29) is 5.60 Å². The van der Waals surface area contributed by atoms with Crippen molar-refractivity contribution in [3.8, 4) is 0 Å². The molecule has 3 heteroatoms. The Morgan fingerprint density at radius 3 is 2.69 bits per heavy atom. The smallest absolute Gasteiger partial charge is 0.0630 e. The molecule has 0 radical (unpaired) electrons. The van der Waals surface area contributed by atoms with Gasteiger partial charge < -0.3 is 10.5 Å². The van der Waals surface area contributed by atoms with Gasteiger partial charge in [0.25, 0.3) is 0 Å². The topological polar surface area (TPSA) is 35.2 Å². The van der Waals surface area contributed by atoms with Crippen molar-refractivity contribution in [2.75, 3.05) is 18.6 Å². The fraction of sp³-hybridized carbons (Fsp3) is 0.538. The summed E-state index contributed by atoms with van der Waals surface area (Å²) in [4.78, 5) is 1.27. The lowest BCUT2D eigenvalue weighted by atomic mass is 10.1. The van der Waals surface area contributed by atoms with Crippen molar-refractivity contribution in [1.82, 2.24) is 0 Å². The summed E-state index contributed by atoms with van der Waals surface area (Å²) in [5.41, 5.74) is 7.88. The van der Waals surface area contributed by atoms with Crippen LogP contribution in [0.2, 0.25) is 0 Å². The van der Waals surface area contributed by atoms with E-state index < -0.39 is 0 Å². The van der Waals surface area contributed by atoms with Crippen molar-refractivity contribution in [1.29, 1.82) is 0 Å². The number of hydrogen-bond acceptors (Lipinski definition) is 3. The molecule has 1 rings (SSSR count). The number of rotatable bonds is 5. The molecular formula is C13H21NOS. The summed E-state index contributed by atoms with van der Waals surface area (Å²) in [6.45, 7) is 6.29. The van der Waals surface area contributed by atoms with Crippen LogP contribution < -0.4 is 5.73 Å². The minimum absolute atomic E-state index is 0.0404. The summed E-state index contributed by atoms with van der Waals surface area (Å²) < 4.78 is 5.39. The Bertz CT molecular complexity index is 350. The van der Waals surface area contributed by atoms with Gasteiger partial charge in [-0.15, -0.1) is 11.8 Å². The predicted octanol–water partition coefficient (Wildman–Crippen LogP) is 3.48. The third-order valence-corrected chi connectivity index (χ3v) is 4.00. The summed E-state index contributed by atoms with van der Waals surface area (Å²) in [5.74, 6) is 1.05. The molecule has 0 saturated heterocycles. The van der Waals surface area contributed by atoms with Gasteiger partial charge >= 0.3 is 0 Å². The van der Waals surface area contributed by atoms with E-state index in [1.54, 1.807) is 7.11 Å². The van der Waals surface area contributed by atoms with Crippen molar-refractivity contribution in [2.45, 2.75) is 37.7 Å². The van der Waals surface area contributed by atoms with E-state index in [2.05, 4.69) is 26.8 Å². The Hall–Kier alpha value is -0.670. The summed E-state index contributed by atoms with van der Waals surface area (Å²) in [5, 5.41) is 0. The van der Waals surface area contributed by atoms with Crippen LogP contribution in [0.1, 0.15) is 25.8 Å². The average Bonchev–Trinajstić information content (AvgIpc) is 2.24. The molecule has 0 heterocycles. The first kappa shape index (κ1) is 13.4. The molecule has 0 saturated carbocycles. The Balaban J connectivity index is 2.53. The van der Waals surface area contributed by atoms with E-state index >= 15 is 0 Å². The molecule has 90 valence electrons. The Labute approximate surface area is 103 Å². The third-order valence-electron chi connectivity index (χ3n) is 2.84. The van der Waals surface area contributed by atoms with Gasteiger partial charge in [-0.1, -0.05) is 6.07 Å². The quantitative estimate of drug-likeness (QED) is 0.631. The van der Waals surface area contributed by atoms with Crippen molar-refractivity contribution in [3.05, 3.63) is 23.8 Å². The van der Waals surface area contributed by atoms with Gasteiger partial charge in [0.15, 0.2) is 0 Å². The molecule has 0 fully saturated rings. The zero-order valence-corrected chi connectivity index (χ0v) is 11.4. The molecule has 0 aromatic heterocycles. The first-order valence-corrected chi connectivity index (χ1v) is 6.48. The standard InChI is InChI=1S/C13H21NOS/c1-10-11(14)6-5-7-12(10)16-9-8-13(2,3)15-4/h5-7H,8-9,14H2,1-4H3. The summed E-state index contributed by atoms with van der Waals surface area (Å²) in [6.07, 6.45) is 1.03. The van der Waals surface area contributed by atoms with E-state index in [0.717, 1.165) is 17.9 Å². The lowest BCUT2D eigenvalue weighted by Gasteiger charge is -2.22. The van der Waals surface area contributed by atoms with Gasteiger partial charge in [-0.3, -0.25) is 0 Å². The van der Waals surface area contributed by atoms with Crippen molar-refractivity contribution in [3.63, 3.8) is 0 Å². The fourth-order valence-corrected chi connectivity index (χ4v) is 2.62. The largest absolute Gasteiger partial charge is 0.398 e. The number of benzene rings is 1. The maximum absolute atomic E-state index is 5.87. The number of thioether (sulfide) groups is 1. The van der Waals surface area contributed by atoms with Gasteiger partial charge in [-0.05, 0) is 44.9 Å². The normalized spacial score (nSPS) is 11.8. The monoisotopic (exact) mass is 239 g/mol.